The zero-order valence-corrected chi connectivity index (χ0v) is 11.1. The van der Waals surface area contributed by atoms with E-state index in [0.717, 1.165) is 12.1 Å². The second-order valence-corrected chi connectivity index (χ2v) is 4.88. The van der Waals surface area contributed by atoms with Gasteiger partial charge in [-0.25, -0.2) is 0 Å². The molecule has 0 aromatic heterocycles. The van der Waals surface area contributed by atoms with Crippen LogP contribution in [0.25, 0.3) is 0 Å². The van der Waals surface area contributed by atoms with E-state index in [-0.39, 0.29) is 5.56 Å². The minimum absolute atomic E-state index is 0.307. The third-order valence-corrected chi connectivity index (χ3v) is 3.01. The van der Waals surface area contributed by atoms with Crippen LogP contribution < -0.4 is 0 Å². The highest BCUT2D eigenvalue weighted by Crippen LogP contribution is 2.50. The average Bonchev–Trinajstić information content (AvgIpc) is 2.36. The Balaban J connectivity index is 3.24. The monoisotopic (exact) mass is 329 g/mol. The quantitative estimate of drug-likeness (QED) is 0.849. The summed E-state index contributed by atoms with van der Waals surface area (Å²) >= 11 is 0. The molecule has 0 amide bonds. The van der Waals surface area contributed by atoms with Crippen molar-refractivity contribution in [2.75, 3.05) is 0 Å². The van der Waals surface area contributed by atoms with Crippen LogP contribution in [0.15, 0.2) is 24.3 Å². The molecule has 1 rings (SSSR count). The topological polar surface area (TPSA) is 44.0 Å². The highest BCUT2D eigenvalue weighted by molar-refractivity contribution is 5.41. The number of hydrogen-bond acceptors (Lipinski definition) is 2. The predicted molar refractivity (Wildman–Crippen MR) is 61.3 cm³/mol. The Hall–Kier alpha value is -1.82. The van der Waals surface area contributed by atoms with Crippen molar-refractivity contribution in [2.24, 2.45) is 0 Å². The second-order valence-electron chi connectivity index (χ2n) is 4.88. The lowest BCUT2D eigenvalue weighted by atomic mass is 9.85. The van der Waals surface area contributed by atoms with Gasteiger partial charge in [-0.3, -0.25) is 0 Å². The van der Waals surface area contributed by atoms with E-state index in [2.05, 4.69) is 0 Å². The van der Waals surface area contributed by atoms with E-state index in [4.69, 9.17) is 5.26 Å². The maximum absolute atomic E-state index is 13.4. The van der Waals surface area contributed by atoms with Crippen LogP contribution in [0.3, 0.4) is 0 Å². The van der Waals surface area contributed by atoms with Gasteiger partial charge in [-0.1, -0.05) is 18.2 Å². The van der Waals surface area contributed by atoms with E-state index in [0.29, 0.717) is 6.92 Å². The predicted octanol–water partition coefficient (Wildman–Crippen LogP) is 3.99. The Morgan fingerprint density at radius 3 is 2.00 bits per heavy atom. The zero-order chi connectivity index (χ0) is 17.4. The summed E-state index contributed by atoms with van der Waals surface area (Å²) in [4.78, 5) is 0. The number of aliphatic hydroxyl groups is 1. The standard InChI is InChI=1S/C13H10F7NO/c1-10(22,9-5-3-2-4-8(9)6-21)7-11(14,15)12(16,17)13(18,19)20/h2-5,22H,7H2,1H3. The van der Waals surface area contributed by atoms with Crippen LogP contribution in [0.5, 0.6) is 0 Å². The molecule has 122 valence electrons. The summed E-state index contributed by atoms with van der Waals surface area (Å²) < 4.78 is 88.8. The van der Waals surface area contributed by atoms with Crippen LogP contribution in [0.2, 0.25) is 0 Å². The largest absolute Gasteiger partial charge is 0.459 e. The third-order valence-electron chi connectivity index (χ3n) is 3.01. The van der Waals surface area contributed by atoms with E-state index in [1.165, 1.54) is 12.1 Å². The van der Waals surface area contributed by atoms with Crippen molar-refractivity contribution in [3.8, 4) is 6.07 Å². The Labute approximate surface area is 120 Å². The molecule has 22 heavy (non-hydrogen) atoms. The summed E-state index contributed by atoms with van der Waals surface area (Å²) in [5, 5.41) is 18.7. The van der Waals surface area contributed by atoms with Gasteiger partial charge in [-0.15, -0.1) is 0 Å². The molecule has 1 unspecified atom stereocenters. The molecule has 1 aromatic carbocycles. The lowest BCUT2D eigenvalue weighted by Gasteiger charge is -2.34. The Kier molecular flexibility index (Phi) is 4.50. The van der Waals surface area contributed by atoms with E-state index in [9.17, 15) is 35.8 Å². The number of alkyl halides is 7. The molecule has 0 aliphatic carbocycles. The van der Waals surface area contributed by atoms with Crippen LogP contribution >= 0.6 is 0 Å². The molecule has 0 spiro atoms. The molecule has 0 saturated carbocycles. The minimum Gasteiger partial charge on any atom is -0.385 e. The van der Waals surface area contributed by atoms with Gasteiger partial charge in [0.1, 0.15) is 0 Å². The van der Waals surface area contributed by atoms with Gasteiger partial charge in [0.25, 0.3) is 0 Å². The van der Waals surface area contributed by atoms with Crippen LogP contribution in [-0.2, 0) is 5.60 Å². The zero-order valence-electron chi connectivity index (χ0n) is 11.1. The molecule has 0 bridgehead atoms. The molecular formula is C13H10F7NO. The molecule has 0 aliphatic heterocycles. The van der Waals surface area contributed by atoms with Gasteiger partial charge < -0.3 is 5.11 Å². The van der Waals surface area contributed by atoms with Gasteiger partial charge in [-0.05, 0) is 13.0 Å². The Morgan fingerprint density at radius 2 is 1.55 bits per heavy atom. The van der Waals surface area contributed by atoms with Crippen molar-refractivity contribution < 1.29 is 35.8 Å². The molecule has 0 radical (unpaired) electrons. The summed E-state index contributed by atoms with van der Waals surface area (Å²) in [5.41, 5.74) is -3.53. The fourth-order valence-electron chi connectivity index (χ4n) is 1.90. The van der Waals surface area contributed by atoms with Crippen molar-refractivity contribution in [3.63, 3.8) is 0 Å². The number of benzene rings is 1. The van der Waals surface area contributed by atoms with Gasteiger partial charge in [0.05, 0.1) is 23.7 Å². The van der Waals surface area contributed by atoms with Gasteiger partial charge >= 0.3 is 18.0 Å². The first-order valence-electron chi connectivity index (χ1n) is 5.80. The fourth-order valence-corrected chi connectivity index (χ4v) is 1.90. The van der Waals surface area contributed by atoms with Crippen molar-refractivity contribution in [3.05, 3.63) is 35.4 Å². The number of rotatable bonds is 4. The first kappa shape index (κ1) is 18.2. The number of nitrogens with zero attached hydrogens (tertiary/aromatic N) is 1. The van der Waals surface area contributed by atoms with Crippen molar-refractivity contribution in [2.45, 2.75) is 37.0 Å². The first-order chi connectivity index (χ1) is 9.76. The van der Waals surface area contributed by atoms with Gasteiger partial charge in [0.15, 0.2) is 0 Å². The van der Waals surface area contributed by atoms with E-state index in [1.54, 1.807) is 6.07 Å². The van der Waals surface area contributed by atoms with Gasteiger partial charge in [-0.2, -0.15) is 36.0 Å². The summed E-state index contributed by atoms with van der Waals surface area (Å²) in [6, 6.07) is 6.20. The summed E-state index contributed by atoms with van der Waals surface area (Å²) in [5.74, 6) is -11.9. The molecule has 1 atom stereocenters. The highest BCUT2D eigenvalue weighted by atomic mass is 19.4. The van der Waals surface area contributed by atoms with Crippen molar-refractivity contribution >= 4 is 0 Å². The molecule has 0 fully saturated rings. The summed E-state index contributed by atoms with van der Waals surface area (Å²) in [6.07, 6.45) is -8.67. The summed E-state index contributed by atoms with van der Waals surface area (Å²) in [7, 11) is 0. The fraction of sp³-hybridized carbons (Fsp3) is 0.462. The van der Waals surface area contributed by atoms with E-state index in [1.807, 2.05) is 0 Å². The molecule has 1 N–H and O–H groups in total. The highest BCUT2D eigenvalue weighted by Gasteiger charge is 2.73. The molecular weight excluding hydrogens is 319 g/mol. The van der Waals surface area contributed by atoms with Crippen LogP contribution in [0.1, 0.15) is 24.5 Å². The molecule has 1 aromatic rings. The molecule has 9 heteroatoms. The maximum atomic E-state index is 13.4. The molecule has 0 heterocycles. The molecule has 0 saturated heterocycles. The third kappa shape index (κ3) is 3.16. The number of halogens is 7. The lowest BCUT2D eigenvalue weighted by Crippen LogP contribution is -2.54. The van der Waals surface area contributed by atoms with Gasteiger partial charge in [0.2, 0.25) is 0 Å². The van der Waals surface area contributed by atoms with Gasteiger partial charge in [0, 0.05) is 5.56 Å². The summed E-state index contributed by atoms with van der Waals surface area (Å²) in [6.45, 7) is 0.642. The molecule has 0 aliphatic rings. The van der Waals surface area contributed by atoms with E-state index < -0.39 is 35.6 Å². The lowest BCUT2D eigenvalue weighted by molar-refractivity contribution is -0.361. The SMILES string of the molecule is CC(O)(CC(F)(F)C(F)(F)C(F)(F)F)c1ccccc1C#N. The number of nitriles is 1. The number of hydrogen-bond donors (Lipinski definition) is 1. The maximum Gasteiger partial charge on any atom is 0.459 e. The Bertz CT molecular complexity index is 587. The van der Waals surface area contributed by atoms with Crippen LogP contribution in [0.4, 0.5) is 30.7 Å². The Morgan fingerprint density at radius 1 is 1.05 bits per heavy atom. The average molecular weight is 329 g/mol. The van der Waals surface area contributed by atoms with E-state index >= 15 is 0 Å². The van der Waals surface area contributed by atoms with Crippen LogP contribution in [0, 0.1) is 11.3 Å². The second kappa shape index (κ2) is 5.43. The van der Waals surface area contributed by atoms with Crippen molar-refractivity contribution in [1.82, 2.24) is 0 Å². The smallest absolute Gasteiger partial charge is 0.385 e. The normalized spacial score (nSPS) is 16.0. The van der Waals surface area contributed by atoms with Crippen molar-refractivity contribution in [1.29, 1.82) is 5.26 Å². The molecule has 2 nitrogen and oxygen atoms in total. The van der Waals surface area contributed by atoms with Crippen LogP contribution in [-0.4, -0.2) is 23.1 Å². The minimum atomic E-state index is -6.47. The first-order valence-corrected chi connectivity index (χ1v) is 5.80.